The molecule has 3 aromatic carbocycles. The predicted octanol–water partition coefficient (Wildman–Crippen LogP) is 5.26. The summed E-state index contributed by atoms with van der Waals surface area (Å²) in [4.78, 5) is 0. The van der Waals surface area contributed by atoms with Crippen LogP contribution < -0.4 is 15.6 Å². The molecule has 0 saturated carbocycles. The third kappa shape index (κ3) is 4.15. The molecule has 3 rings (SSSR count). The Bertz CT molecular complexity index is 1330. The van der Waals surface area contributed by atoms with Crippen LogP contribution in [0.4, 0.5) is 65.9 Å². The van der Waals surface area contributed by atoms with Crippen LogP contribution in [0.2, 0.25) is 0 Å². The van der Waals surface area contributed by atoms with Gasteiger partial charge in [-0.1, -0.05) is 0 Å². The molecule has 0 amide bonds. The fourth-order valence-electron chi connectivity index (χ4n) is 3.64. The highest BCUT2D eigenvalue weighted by molar-refractivity contribution is 7.07. The van der Waals surface area contributed by atoms with Crippen molar-refractivity contribution in [2.45, 2.75) is 6.92 Å². The molecule has 0 heterocycles. The Morgan fingerprint density at radius 2 is 0.625 bits per heavy atom. The second kappa shape index (κ2) is 10.6. The zero-order chi connectivity index (χ0) is 30.6. The lowest BCUT2D eigenvalue weighted by Gasteiger charge is -2.35. The standard InChI is InChI=1S/C22H7F15O2Si/c1-3-4(38-2)39-40(20-14(32)8(26)5(23)9(27)15(20)33,21-16(34)10(28)6(24)11(29)17(21)35)22-18(36)12(30)7(25)13(31)19(22)37/h3H,1-2H3/b4-3-. The Hall–Kier alpha value is -3.83. The topological polar surface area (TPSA) is 18.5 Å². The van der Waals surface area contributed by atoms with E-state index in [2.05, 4.69) is 4.74 Å². The van der Waals surface area contributed by atoms with Gasteiger partial charge in [-0.15, -0.1) is 0 Å². The van der Waals surface area contributed by atoms with Gasteiger partial charge in [-0.25, -0.2) is 65.9 Å². The molecular formula is C22H7F15O2Si. The maximum Gasteiger partial charge on any atom is 0.368 e. The Kier molecular flexibility index (Phi) is 8.15. The molecule has 40 heavy (non-hydrogen) atoms. The molecule has 0 aliphatic heterocycles. The Labute approximate surface area is 213 Å². The van der Waals surface area contributed by atoms with Gasteiger partial charge in [0.25, 0.3) is 5.95 Å². The van der Waals surface area contributed by atoms with Gasteiger partial charge in [-0.05, 0) is 13.0 Å². The molecule has 0 unspecified atom stereocenters. The molecule has 0 saturated heterocycles. The molecule has 0 bridgehead atoms. The maximum absolute atomic E-state index is 15.2. The molecule has 2 nitrogen and oxygen atoms in total. The van der Waals surface area contributed by atoms with Gasteiger partial charge >= 0.3 is 8.32 Å². The van der Waals surface area contributed by atoms with E-state index in [1.165, 1.54) is 0 Å². The van der Waals surface area contributed by atoms with Gasteiger partial charge < -0.3 is 9.16 Å². The molecule has 0 radical (unpaired) electrons. The number of methoxy groups -OCH3 is 1. The number of ether oxygens (including phenoxy) is 1. The fourth-order valence-corrected chi connectivity index (χ4v) is 7.71. The Balaban J connectivity index is 2.93. The number of rotatable bonds is 6. The summed E-state index contributed by atoms with van der Waals surface area (Å²) in [5, 5.41) is -8.48. The van der Waals surface area contributed by atoms with Crippen LogP contribution in [0.15, 0.2) is 12.0 Å². The minimum absolute atomic E-state index is 0.464. The molecular weight excluding hydrogens is 609 g/mol. The van der Waals surface area contributed by atoms with Crippen LogP contribution in [-0.4, -0.2) is 15.4 Å². The van der Waals surface area contributed by atoms with Crippen molar-refractivity contribution in [1.82, 2.24) is 0 Å². The van der Waals surface area contributed by atoms with Crippen molar-refractivity contribution >= 4 is 23.9 Å². The van der Waals surface area contributed by atoms with E-state index in [9.17, 15) is 39.5 Å². The normalized spacial score (nSPS) is 12.3. The van der Waals surface area contributed by atoms with Gasteiger partial charge in [0, 0.05) is 0 Å². The van der Waals surface area contributed by atoms with E-state index in [0.717, 1.165) is 6.92 Å². The van der Waals surface area contributed by atoms with Crippen molar-refractivity contribution in [2.24, 2.45) is 0 Å². The molecule has 0 spiro atoms. The second-order valence-electron chi connectivity index (χ2n) is 7.43. The van der Waals surface area contributed by atoms with E-state index in [1.54, 1.807) is 0 Å². The quantitative estimate of drug-likeness (QED) is 0.0940. The summed E-state index contributed by atoms with van der Waals surface area (Å²) in [5.74, 6) is -48.1. The lowest BCUT2D eigenvalue weighted by molar-refractivity contribution is 0.149. The lowest BCUT2D eigenvalue weighted by Crippen LogP contribution is -2.75. The highest BCUT2D eigenvalue weighted by atomic mass is 28.4. The zero-order valence-corrected chi connectivity index (χ0v) is 20.1. The van der Waals surface area contributed by atoms with E-state index >= 15 is 26.3 Å². The summed E-state index contributed by atoms with van der Waals surface area (Å²) in [6.07, 6.45) is 0.464. The van der Waals surface area contributed by atoms with Gasteiger partial charge in [0.05, 0.1) is 22.7 Å². The average Bonchev–Trinajstić information content (AvgIpc) is 2.93. The maximum atomic E-state index is 15.2. The largest absolute Gasteiger partial charge is 0.505 e. The Morgan fingerprint density at radius 1 is 0.425 bits per heavy atom. The van der Waals surface area contributed by atoms with Crippen molar-refractivity contribution < 1.29 is 75.0 Å². The monoisotopic (exact) mass is 616 g/mol. The molecule has 0 atom stereocenters. The number of hydrogen-bond acceptors (Lipinski definition) is 2. The van der Waals surface area contributed by atoms with Crippen LogP contribution in [0.5, 0.6) is 0 Å². The van der Waals surface area contributed by atoms with Crippen molar-refractivity contribution in [2.75, 3.05) is 7.11 Å². The van der Waals surface area contributed by atoms with E-state index in [0.29, 0.717) is 13.2 Å². The first kappa shape index (κ1) is 30.7. The van der Waals surface area contributed by atoms with Crippen molar-refractivity contribution in [3.63, 3.8) is 0 Å². The van der Waals surface area contributed by atoms with Crippen molar-refractivity contribution in [1.29, 1.82) is 0 Å². The lowest BCUT2D eigenvalue weighted by atomic mass is 10.3. The Morgan fingerprint density at radius 3 is 0.800 bits per heavy atom. The van der Waals surface area contributed by atoms with Crippen LogP contribution in [-0.2, 0) is 9.16 Å². The minimum atomic E-state index is -7.44. The molecule has 0 aliphatic carbocycles. The average molecular weight is 616 g/mol. The summed E-state index contributed by atoms with van der Waals surface area (Å²) >= 11 is 0. The highest BCUT2D eigenvalue weighted by Gasteiger charge is 2.60. The van der Waals surface area contributed by atoms with Crippen molar-refractivity contribution in [3.05, 3.63) is 99.3 Å². The van der Waals surface area contributed by atoms with Crippen LogP contribution in [0, 0.1) is 87.3 Å². The number of allylic oxidation sites excluding steroid dienone is 1. The van der Waals surface area contributed by atoms with E-state index in [-0.39, 0.29) is 0 Å². The first-order valence-electron chi connectivity index (χ1n) is 9.97. The molecule has 0 N–H and O–H groups in total. The van der Waals surface area contributed by atoms with E-state index < -0.39 is 117 Å². The van der Waals surface area contributed by atoms with Crippen LogP contribution in [0.25, 0.3) is 0 Å². The minimum Gasteiger partial charge on any atom is -0.505 e. The fraction of sp³-hybridized carbons (Fsp3) is 0.0909. The van der Waals surface area contributed by atoms with E-state index in [4.69, 9.17) is 4.43 Å². The zero-order valence-electron chi connectivity index (χ0n) is 19.1. The SMILES string of the molecule is C/C=C(/OC)O[Si](c1c(F)c(F)c(F)c(F)c1F)(c1c(F)c(F)c(F)c(F)c1F)c1c(F)c(F)c(F)c(F)c1F. The van der Waals surface area contributed by atoms with Crippen molar-refractivity contribution in [3.8, 4) is 0 Å². The molecule has 3 aromatic rings. The third-order valence-electron chi connectivity index (χ3n) is 5.38. The van der Waals surface area contributed by atoms with E-state index in [1.807, 2.05) is 0 Å². The summed E-state index contributed by atoms with van der Waals surface area (Å²) in [7, 11) is -6.89. The number of benzene rings is 3. The highest BCUT2D eigenvalue weighted by Crippen LogP contribution is 2.29. The van der Waals surface area contributed by atoms with Crippen LogP contribution in [0.3, 0.4) is 0 Å². The van der Waals surface area contributed by atoms with Gasteiger partial charge in [-0.2, -0.15) is 0 Å². The third-order valence-corrected chi connectivity index (χ3v) is 9.31. The summed E-state index contributed by atoms with van der Waals surface area (Å²) < 4.78 is 228. The van der Waals surface area contributed by atoms with Gasteiger partial charge in [0.15, 0.2) is 69.8 Å². The molecule has 0 aromatic heterocycles. The van der Waals surface area contributed by atoms with Gasteiger partial charge in [-0.3, -0.25) is 0 Å². The van der Waals surface area contributed by atoms with Gasteiger partial charge in [0.1, 0.15) is 0 Å². The van der Waals surface area contributed by atoms with Crippen LogP contribution in [0.1, 0.15) is 6.92 Å². The molecule has 0 aliphatic rings. The number of halogens is 15. The summed E-state index contributed by atoms with van der Waals surface area (Å²) in [6.45, 7) is 0.827. The smallest absolute Gasteiger partial charge is 0.368 e. The molecule has 216 valence electrons. The van der Waals surface area contributed by atoms with Gasteiger partial charge in [0.2, 0.25) is 17.5 Å². The first-order chi connectivity index (χ1) is 18.5. The van der Waals surface area contributed by atoms with Crippen LogP contribution >= 0.6 is 0 Å². The molecule has 18 heteroatoms. The molecule has 0 fully saturated rings. The number of hydrogen-bond donors (Lipinski definition) is 0. The predicted molar refractivity (Wildman–Crippen MR) is 105 cm³/mol. The summed E-state index contributed by atoms with van der Waals surface area (Å²) in [5.41, 5.74) is 0. The second-order valence-corrected chi connectivity index (χ2v) is 10.5. The summed E-state index contributed by atoms with van der Waals surface area (Å²) in [6, 6.07) is 0. The first-order valence-corrected chi connectivity index (χ1v) is 11.9.